The summed E-state index contributed by atoms with van der Waals surface area (Å²) in [5, 5.41) is 10.4. The number of urea groups is 1. The number of carbonyl (C=O) groups excluding carboxylic acids is 1. The average Bonchev–Trinajstić information content (AvgIpc) is 3.20. The van der Waals surface area contributed by atoms with Gasteiger partial charge >= 0.3 is 6.03 Å². The van der Waals surface area contributed by atoms with E-state index in [-0.39, 0.29) is 11.4 Å². The van der Waals surface area contributed by atoms with Gasteiger partial charge in [0.25, 0.3) is 0 Å². The Morgan fingerprint density at radius 2 is 1.71 bits per heavy atom. The Kier molecular flexibility index (Phi) is 5.42. The smallest absolute Gasteiger partial charge is 0.315 e. The van der Waals surface area contributed by atoms with E-state index < -0.39 is 0 Å². The van der Waals surface area contributed by atoms with Gasteiger partial charge in [0.2, 0.25) is 0 Å². The second-order valence-electron chi connectivity index (χ2n) is 7.51. The standard InChI is InChI=1S/C23H26N4O/c28-22(25-18-23(12-6-13-23)21-10-2-1-3-11-21)24-16-19-8-4-5-9-20(19)17-27-15-7-14-26-27/h1-5,7-11,14-15H,6,12-13,16-18H2,(H2,24,25,28). The molecule has 0 atom stereocenters. The van der Waals surface area contributed by atoms with Crippen LogP contribution in [0.15, 0.2) is 73.1 Å². The number of hydrogen-bond donors (Lipinski definition) is 2. The number of carbonyl (C=O) groups is 1. The number of nitrogens with one attached hydrogen (secondary N) is 2. The van der Waals surface area contributed by atoms with Crippen molar-refractivity contribution in [2.24, 2.45) is 0 Å². The van der Waals surface area contributed by atoms with Gasteiger partial charge in [0.1, 0.15) is 0 Å². The minimum atomic E-state index is -0.115. The van der Waals surface area contributed by atoms with Crippen LogP contribution in [0.3, 0.4) is 0 Å². The first-order valence-corrected chi connectivity index (χ1v) is 9.87. The zero-order valence-electron chi connectivity index (χ0n) is 16.0. The van der Waals surface area contributed by atoms with Gasteiger partial charge < -0.3 is 10.6 Å². The van der Waals surface area contributed by atoms with E-state index in [1.807, 2.05) is 35.1 Å². The zero-order valence-corrected chi connectivity index (χ0v) is 16.0. The molecule has 2 N–H and O–H groups in total. The quantitative estimate of drug-likeness (QED) is 0.660. The number of benzene rings is 2. The summed E-state index contributed by atoms with van der Waals surface area (Å²) in [5.41, 5.74) is 3.68. The van der Waals surface area contributed by atoms with Gasteiger partial charge in [-0.2, -0.15) is 5.10 Å². The summed E-state index contributed by atoms with van der Waals surface area (Å²) in [4.78, 5) is 12.4. The summed E-state index contributed by atoms with van der Waals surface area (Å²) in [6.07, 6.45) is 7.20. The molecule has 1 aromatic heterocycles. The van der Waals surface area contributed by atoms with Gasteiger partial charge in [0.05, 0.1) is 6.54 Å². The molecule has 2 amide bonds. The molecule has 5 heteroatoms. The van der Waals surface area contributed by atoms with E-state index in [0.29, 0.717) is 19.6 Å². The molecule has 3 aromatic rings. The maximum atomic E-state index is 12.4. The van der Waals surface area contributed by atoms with Crippen molar-refractivity contribution in [2.45, 2.75) is 37.8 Å². The predicted molar refractivity (Wildman–Crippen MR) is 110 cm³/mol. The van der Waals surface area contributed by atoms with Gasteiger partial charge in [-0.1, -0.05) is 61.0 Å². The fraction of sp³-hybridized carbons (Fsp3) is 0.304. The molecule has 0 bridgehead atoms. The van der Waals surface area contributed by atoms with Gasteiger partial charge in [-0.3, -0.25) is 4.68 Å². The van der Waals surface area contributed by atoms with Gasteiger partial charge in [-0.15, -0.1) is 0 Å². The minimum Gasteiger partial charge on any atom is -0.337 e. The molecule has 5 nitrogen and oxygen atoms in total. The Morgan fingerprint density at radius 1 is 0.964 bits per heavy atom. The fourth-order valence-electron chi connectivity index (χ4n) is 3.90. The van der Waals surface area contributed by atoms with E-state index in [2.05, 4.69) is 52.1 Å². The Labute approximate surface area is 165 Å². The lowest BCUT2D eigenvalue weighted by atomic mass is 9.64. The molecule has 0 saturated heterocycles. The third-order valence-electron chi connectivity index (χ3n) is 5.73. The van der Waals surface area contributed by atoms with Gasteiger partial charge in [0, 0.05) is 30.9 Å². The summed E-state index contributed by atoms with van der Waals surface area (Å²) in [6, 6.07) is 20.5. The first-order valence-electron chi connectivity index (χ1n) is 9.87. The van der Waals surface area contributed by atoms with Crippen LogP contribution in [0.5, 0.6) is 0 Å². The molecule has 4 rings (SSSR count). The molecule has 2 aromatic carbocycles. The highest BCUT2D eigenvalue weighted by molar-refractivity contribution is 5.74. The maximum absolute atomic E-state index is 12.4. The van der Waals surface area contributed by atoms with Crippen LogP contribution in [0.25, 0.3) is 0 Å². The lowest BCUT2D eigenvalue weighted by Gasteiger charge is -2.42. The summed E-state index contributed by atoms with van der Waals surface area (Å²) in [5.74, 6) is 0. The van der Waals surface area contributed by atoms with E-state index in [9.17, 15) is 4.79 Å². The van der Waals surface area contributed by atoms with E-state index in [1.54, 1.807) is 6.20 Å². The molecule has 1 aliphatic rings. The average molecular weight is 374 g/mol. The molecule has 1 fully saturated rings. The van der Waals surface area contributed by atoms with Gasteiger partial charge in [0.15, 0.2) is 0 Å². The Bertz CT molecular complexity index is 901. The third-order valence-corrected chi connectivity index (χ3v) is 5.73. The van der Waals surface area contributed by atoms with E-state index in [0.717, 1.165) is 24.0 Å². The normalized spacial score (nSPS) is 14.9. The fourth-order valence-corrected chi connectivity index (χ4v) is 3.90. The van der Waals surface area contributed by atoms with Gasteiger partial charge in [-0.25, -0.2) is 4.79 Å². The second-order valence-corrected chi connectivity index (χ2v) is 7.51. The highest BCUT2D eigenvalue weighted by Crippen LogP contribution is 2.43. The molecular formula is C23H26N4O. The highest BCUT2D eigenvalue weighted by atomic mass is 16.2. The zero-order chi connectivity index (χ0) is 19.2. The van der Waals surface area contributed by atoms with Crippen LogP contribution in [0, 0.1) is 0 Å². The number of amides is 2. The van der Waals surface area contributed by atoms with Crippen LogP contribution in [0.1, 0.15) is 36.0 Å². The molecule has 0 unspecified atom stereocenters. The van der Waals surface area contributed by atoms with E-state index in [1.165, 1.54) is 12.0 Å². The monoisotopic (exact) mass is 374 g/mol. The predicted octanol–water partition coefficient (Wildman–Crippen LogP) is 3.85. The van der Waals surface area contributed by atoms with Crippen molar-refractivity contribution in [1.82, 2.24) is 20.4 Å². The highest BCUT2D eigenvalue weighted by Gasteiger charge is 2.38. The minimum absolute atomic E-state index is 0.0938. The third kappa shape index (κ3) is 4.09. The van der Waals surface area contributed by atoms with Crippen LogP contribution in [0.4, 0.5) is 4.79 Å². The number of nitrogens with zero attached hydrogens (tertiary/aromatic N) is 2. The van der Waals surface area contributed by atoms with E-state index >= 15 is 0 Å². The van der Waals surface area contributed by atoms with Crippen LogP contribution >= 0.6 is 0 Å². The number of hydrogen-bond acceptors (Lipinski definition) is 2. The SMILES string of the molecule is O=C(NCc1ccccc1Cn1cccn1)NCC1(c2ccccc2)CCC1. The Balaban J connectivity index is 1.33. The summed E-state index contributed by atoms with van der Waals surface area (Å²) in [6.45, 7) is 1.88. The number of aromatic nitrogens is 2. The summed E-state index contributed by atoms with van der Waals surface area (Å²) < 4.78 is 1.89. The summed E-state index contributed by atoms with van der Waals surface area (Å²) >= 11 is 0. The number of rotatable bonds is 7. The lowest BCUT2D eigenvalue weighted by Crippen LogP contribution is -2.48. The Morgan fingerprint density at radius 3 is 2.39 bits per heavy atom. The van der Waals surface area contributed by atoms with Crippen molar-refractivity contribution < 1.29 is 4.79 Å². The van der Waals surface area contributed by atoms with Crippen molar-refractivity contribution in [3.8, 4) is 0 Å². The topological polar surface area (TPSA) is 59.0 Å². The lowest BCUT2D eigenvalue weighted by molar-refractivity contribution is 0.214. The van der Waals surface area contributed by atoms with Crippen molar-refractivity contribution in [3.63, 3.8) is 0 Å². The second kappa shape index (κ2) is 8.30. The van der Waals surface area contributed by atoms with E-state index in [4.69, 9.17) is 0 Å². The molecular weight excluding hydrogens is 348 g/mol. The van der Waals surface area contributed by atoms with Crippen molar-refractivity contribution in [3.05, 3.63) is 89.7 Å². The van der Waals surface area contributed by atoms with Crippen LogP contribution in [-0.2, 0) is 18.5 Å². The molecule has 0 spiro atoms. The van der Waals surface area contributed by atoms with Crippen molar-refractivity contribution >= 4 is 6.03 Å². The van der Waals surface area contributed by atoms with Crippen LogP contribution in [0.2, 0.25) is 0 Å². The Hall–Kier alpha value is -3.08. The van der Waals surface area contributed by atoms with Gasteiger partial charge in [-0.05, 0) is 35.6 Å². The molecule has 1 aliphatic carbocycles. The molecule has 144 valence electrons. The molecule has 0 radical (unpaired) electrons. The first-order chi connectivity index (χ1) is 13.8. The van der Waals surface area contributed by atoms with Crippen molar-refractivity contribution in [2.75, 3.05) is 6.54 Å². The molecule has 1 saturated carbocycles. The van der Waals surface area contributed by atoms with Crippen LogP contribution < -0.4 is 10.6 Å². The largest absolute Gasteiger partial charge is 0.337 e. The van der Waals surface area contributed by atoms with Crippen LogP contribution in [-0.4, -0.2) is 22.4 Å². The maximum Gasteiger partial charge on any atom is 0.315 e. The molecule has 28 heavy (non-hydrogen) atoms. The summed E-state index contributed by atoms with van der Waals surface area (Å²) in [7, 11) is 0. The first kappa shape index (κ1) is 18.3. The molecule has 0 aliphatic heterocycles. The molecule has 1 heterocycles. The van der Waals surface area contributed by atoms with Crippen molar-refractivity contribution in [1.29, 1.82) is 0 Å².